The van der Waals surface area contributed by atoms with Gasteiger partial charge in [-0.05, 0) is 30.6 Å². The van der Waals surface area contributed by atoms with Crippen LogP contribution in [0.5, 0.6) is 0 Å². The summed E-state index contributed by atoms with van der Waals surface area (Å²) in [5, 5.41) is 21.2. The molecule has 19 heavy (non-hydrogen) atoms. The highest BCUT2D eigenvalue weighted by Gasteiger charge is 2.68. The number of rotatable bonds is 0. The summed E-state index contributed by atoms with van der Waals surface area (Å²) >= 11 is 0. The van der Waals surface area contributed by atoms with Gasteiger partial charge in [-0.3, -0.25) is 0 Å². The maximum atomic E-state index is 11.8. The monoisotopic (exact) mass is 266 g/mol. The number of fused-ring (bicyclic) bond motifs is 3. The summed E-state index contributed by atoms with van der Waals surface area (Å²) < 4.78 is 4.89. The number of cyclic esters (lactones) is 1. The largest absolute Gasteiger partial charge is 0.429 e. The van der Waals surface area contributed by atoms with Gasteiger partial charge in [-0.2, -0.15) is 0 Å². The third-order valence-electron chi connectivity index (χ3n) is 5.86. The Hall–Kier alpha value is -0.870. The molecule has 1 saturated carbocycles. The molecule has 106 valence electrons. The Bertz CT molecular complexity index is 467. The van der Waals surface area contributed by atoms with Crippen LogP contribution in [-0.4, -0.2) is 28.1 Å². The van der Waals surface area contributed by atoms with Gasteiger partial charge in [-0.1, -0.05) is 33.3 Å². The van der Waals surface area contributed by atoms with E-state index in [2.05, 4.69) is 13.8 Å². The first-order valence-electron chi connectivity index (χ1n) is 7.05. The minimum atomic E-state index is -1.55. The number of hydrogen-bond donors (Lipinski definition) is 2. The molecule has 0 unspecified atom stereocenters. The van der Waals surface area contributed by atoms with Gasteiger partial charge in [0.05, 0.1) is 5.57 Å². The highest BCUT2D eigenvalue weighted by molar-refractivity contribution is 5.94. The van der Waals surface area contributed by atoms with E-state index in [9.17, 15) is 15.0 Å². The number of aliphatic hydroxyl groups excluding tert-OH is 1. The van der Waals surface area contributed by atoms with Crippen molar-refractivity contribution in [2.24, 2.45) is 16.7 Å². The molecule has 4 atom stereocenters. The van der Waals surface area contributed by atoms with Crippen LogP contribution >= 0.6 is 0 Å². The van der Waals surface area contributed by atoms with Crippen molar-refractivity contribution in [2.75, 3.05) is 0 Å². The van der Waals surface area contributed by atoms with Crippen molar-refractivity contribution in [2.45, 2.75) is 58.3 Å². The quantitative estimate of drug-likeness (QED) is 0.656. The number of aliphatic hydroxyl groups is 2. The van der Waals surface area contributed by atoms with E-state index in [1.54, 1.807) is 6.08 Å². The zero-order valence-corrected chi connectivity index (χ0v) is 11.8. The Morgan fingerprint density at radius 1 is 1.32 bits per heavy atom. The molecule has 1 saturated heterocycles. The smallest absolute Gasteiger partial charge is 0.339 e. The topological polar surface area (TPSA) is 66.8 Å². The van der Waals surface area contributed by atoms with Crippen molar-refractivity contribution in [1.29, 1.82) is 0 Å². The fourth-order valence-electron chi connectivity index (χ4n) is 4.76. The Labute approximate surface area is 113 Å². The van der Waals surface area contributed by atoms with Gasteiger partial charge in [-0.25, -0.2) is 4.79 Å². The SMILES string of the molecule is CC1(C)CCC[C@@]2(C)[C@@H]1CC=C1C(=O)O[C@@H](O)[C@@]12O. The molecule has 3 rings (SSSR count). The molecule has 1 heterocycles. The van der Waals surface area contributed by atoms with Gasteiger partial charge < -0.3 is 14.9 Å². The molecule has 0 spiro atoms. The van der Waals surface area contributed by atoms with Crippen LogP contribution in [0.15, 0.2) is 11.6 Å². The summed E-state index contributed by atoms with van der Waals surface area (Å²) in [5.74, 6) is -0.329. The van der Waals surface area contributed by atoms with Crippen molar-refractivity contribution in [3.8, 4) is 0 Å². The van der Waals surface area contributed by atoms with Crippen molar-refractivity contribution < 1.29 is 19.7 Å². The first-order chi connectivity index (χ1) is 8.73. The predicted molar refractivity (Wildman–Crippen MR) is 69.0 cm³/mol. The zero-order chi connectivity index (χ0) is 14.1. The number of allylic oxidation sites excluding steroid dienone is 1. The number of carbonyl (C=O) groups excluding carboxylic acids is 1. The molecule has 1 aliphatic heterocycles. The maximum absolute atomic E-state index is 11.8. The molecule has 2 aliphatic carbocycles. The zero-order valence-electron chi connectivity index (χ0n) is 11.8. The van der Waals surface area contributed by atoms with Crippen molar-refractivity contribution >= 4 is 5.97 Å². The van der Waals surface area contributed by atoms with E-state index >= 15 is 0 Å². The molecular weight excluding hydrogens is 244 g/mol. The molecule has 2 N–H and O–H groups in total. The van der Waals surface area contributed by atoms with Crippen molar-refractivity contribution in [3.05, 3.63) is 11.6 Å². The van der Waals surface area contributed by atoms with Gasteiger partial charge in [0.15, 0.2) is 5.60 Å². The summed E-state index contributed by atoms with van der Waals surface area (Å²) in [5.41, 5.74) is -1.71. The van der Waals surface area contributed by atoms with Crippen LogP contribution < -0.4 is 0 Å². The lowest BCUT2D eigenvalue weighted by molar-refractivity contribution is -0.230. The van der Waals surface area contributed by atoms with E-state index in [-0.39, 0.29) is 16.9 Å². The third kappa shape index (κ3) is 1.39. The van der Waals surface area contributed by atoms with E-state index in [1.165, 1.54) is 0 Å². The molecule has 0 aromatic rings. The number of carbonyl (C=O) groups is 1. The van der Waals surface area contributed by atoms with Crippen LogP contribution in [0.4, 0.5) is 0 Å². The van der Waals surface area contributed by atoms with Gasteiger partial charge in [-0.15, -0.1) is 0 Å². The normalized spacial score (nSPS) is 48.1. The summed E-state index contributed by atoms with van der Waals surface area (Å²) in [6, 6.07) is 0. The van der Waals surface area contributed by atoms with E-state index in [0.717, 1.165) is 25.7 Å². The second-order valence-electron chi connectivity index (χ2n) is 7.19. The van der Waals surface area contributed by atoms with E-state index in [0.29, 0.717) is 0 Å². The molecule has 2 fully saturated rings. The minimum Gasteiger partial charge on any atom is -0.429 e. The molecular formula is C15H22O4. The molecule has 3 aliphatic rings. The van der Waals surface area contributed by atoms with E-state index in [4.69, 9.17) is 4.74 Å². The Morgan fingerprint density at radius 2 is 2.00 bits per heavy atom. The predicted octanol–water partition coefficient (Wildman–Crippen LogP) is 1.76. The summed E-state index contributed by atoms with van der Waals surface area (Å²) in [4.78, 5) is 11.8. The lowest BCUT2D eigenvalue weighted by Crippen LogP contribution is -2.62. The summed E-state index contributed by atoms with van der Waals surface area (Å²) in [7, 11) is 0. The molecule has 4 nitrogen and oxygen atoms in total. The first-order valence-corrected chi connectivity index (χ1v) is 7.05. The number of hydrogen-bond acceptors (Lipinski definition) is 4. The van der Waals surface area contributed by atoms with Gasteiger partial charge >= 0.3 is 5.97 Å². The molecule has 0 aromatic heterocycles. The summed E-state index contributed by atoms with van der Waals surface area (Å²) in [6.45, 7) is 6.42. The van der Waals surface area contributed by atoms with E-state index < -0.39 is 23.3 Å². The maximum Gasteiger partial charge on any atom is 0.339 e. The molecule has 4 heteroatoms. The fraction of sp³-hybridized carbons (Fsp3) is 0.800. The molecule has 0 amide bonds. The van der Waals surface area contributed by atoms with Crippen LogP contribution in [0.3, 0.4) is 0 Å². The fourth-order valence-corrected chi connectivity index (χ4v) is 4.76. The van der Waals surface area contributed by atoms with E-state index in [1.807, 2.05) is 6.92 Å². The Morgan fingerprint density at radius 3 is 2.68 bits per heavy atom. The Balaban J connectivity index is 2.16. The van der Waals surface area contributed by atoms with Gasteiger partial charge in [0.1, 0.15) is 0 Å². The average molecular weight is 266 g/mol. The second kappa shape index (κ2) is 3.61. The van der Waals surface area contributed by atoms with Crippen molar-refractivity contribution in [3.63, 3.8) is 0 Å². The van der Waals surface area contributed by atoms with Crippen LogP contribution in [0.2, 0.25) is 0 Å². The average Bonchev–Trinajstić information content (AvgIpc) is 2.52. The standard InChI is InChI=1S/C15H22O4/c1-13(2)7-4-8-14(3)10(13)6-5-9-11(16)19-12(17)15(9,14)18/h5,10,12,17-18H,4,6-8H2,1-3H3/t10-,12-,14+,15+/m1/s1. The first kappa shape index (κ1) is 13.1. The van der Waals surface area contributed by atoms with Crippen LogP contribution in [0.1, 0.15) is 46.5 Å². The molecule has 0 aromatic carbocycles. The highest BCUT2D eigenvalue weighted by atomic mass is 16.7. The van der Waals surface area contributed by atoms with Crippen LogP contribution in [-0.2, 0) is 9.53 Å². The molecule has 0 bridgehead atoms. The van der Waals surface area contributed by atoms with Crippen LogP contribution in [0.25, 0.3) is 0 Å². The number of ether oxygens (including phenoxy) is 1. The summed E-state index contributed by atoms with van der Waals surface area (Å²) in [6.07, 6.45) is 4.02. The lowest BCUT2D eigenvalue weighted by atomic mass is 9.47. The van der Waals surface area contributed by atoms with Crippen molar-refractivity contribution in [1.82, 2.24) is 0 Å². The van der Waals surface area contributed by atoms with Gasteiger partial charge in [0.2, 0.25) is 6.29 Å². The van der Waals surface area contributed by atoms with Gasteiger partial charge in [0.25, 0.3) is 0 Å². The number of esters is 1. The minimum absolute atomic E-state index is 0.0934. The van der Waals surface area contributed by atoms with Gasteiger partial charge in [0, 0.05) is 5.41 Å². The lowest BCUT2D eigenvalue weighted by Gasteiger charge is -2.58. The van der Waals surface area contributed by atoms with Crippen LogP contribution in [0, 0.1) is 16.7 Å². The molecule has 0 radical (unpaired) electrons. The second-order valence-corrected chi connectivity index (χ2v) is 7.19. The highest BCUT2D eigenvalue weighted by Crippen LogP contribution is 2.63. The third-order valence-corrected chi connectivity index (χ3v) is 5.86. The Kier molecular flexibility index (Phi) is 2.50.